The number of aromatic nitrogens is 2. The molecule has 2 aromatic rings. The Kier molecular flexibility index (Phi) is 4.56. The Bertz CT molecular complexity index is 829. The van der Waals surface area contributed by atoms with E-state index in [0.717, 1.165) is 23.2 Å². The van der Waals surface area contributed by atoms with E-state index in [1.807, 2.05) is 38.1 Å². The number of rotatable bonds is 4. The summed E-state index contributed by atoms with van der Waals surface area (Å²) in [5.41, 5.74) is 3.85. The second-order valence-electron chi connectivity index (χ2n) is 5.30. The Labute approximate surface area is 140 Å². The van der Waals surface area contributed by atoms with Crippen molar-refractivity contribution in [1.29, 1.82) is 0 Å². The van der Waals surface area contributed by atoms with Gasteiger partial charge in [0, 0.05) is 28.7 Å². The first-order valence-corrected chi connectivity index (χ1v) is 7.69. The molecule has 0 saturated carbocycles. The molecule has 0 atom stereocenters. The van der Waals surface area contributed by atoms with E-state index < -0.39 is 0 Å². The molecule has 0 bridgehead atoms. The van der Waals surface area contributed by atoms with Crippen LogP contribution in [0.2, 0.25) is 0 Å². The van der Waals surface area contributed by atoms with E-state index in [0.29, 0.717) is 17.1 Å². The SMILES string of the molecule is CCc1[nH]nc(C(=O)Nc2ccc(C3=CN=CC=CO3)cc2)c1C. The van der Waals surface area contributed by atoms with Crippen molar-refractivity contribution in [1.82, 2.24) is 10.2 Å². The molecule has 2 N–H and O–H groups in total. The van der Waals surface area contributed by atoms with E-state index in [2.05, 4.69) is 20.5 Å². The number of aromatic amines is 1. The molecule has 6 nitrogen and oxygen atoms in total. The Morgan fingerprint density at radius 1 is 1.29 bits per heavy atom. The van der Waals surface area contributed by atoms with Gasteiger partial charge in [0.25, 0.3) is 5.91 Å². The molecule has 1 aliphatic rings. The molecule has 0 radical (unpaired) electrons. The Balaban J connectivity index is 1.73. The molecular weight excluding hydrogens is 304 g/mol. The summed E-state index contributed by atoms with van der Waals surface area (Å²) < 4.78 is 5.46. The molecule has 1 aromatic heterocycles. The third-order valence-corrected chi connectivity index (χ3v) is 3.74. The van der Waals surface area contributed by atoms with E-state index in [-0.39, 0.29) is 5.91 Å². The van der Waals surface area contributed by atoms with Gasteiger partial charge in [-0.15, -0.1) is 0 Å². The van der Waals surface area contributed by atoms with E-state index in [1.54, 1.807) is 24.8 Å². The monoisotopic (exact) mass is 322 g/mol. The van der Waals surface area contributed by atoms with Crippen LogP contribution < -0.4 is 5.32 Å². The molecule has 24 heavy (non-hydrogen) atoms. The third kappa shape index (κ3) is 3.27. The lowest BCUT2D eigenvalue weighted by molar-refractivity contribution is 0.102. The fourth-order valence-electron chi connectivity index (χ4n) is 2.39. The summed E-state index contributed by atoms with van der Waals surface area (Å²) in [5.74, 6) is 0.419. The number of anilines is 1. The van der Waals surface area contributed by atoms with Crippen LogP contribution in [0, 0.1) is 6.92 Å². The molecule has 1 aliphatic heterocycles. The molecule has 0 spiro atoms. The van der Waals surface area contributed by atoms with Crippen molar-refractivity contribution < 1.29 is 9.53 Å². The van der Waals surface area contributed by atoms with Gasteiger partial charge in [0.2, 0.25) is 0 Å². The summed E-state index contributed by atoms with van der Waals surface area (Å²) in [6, 6.07) is 7.37. The van der Waals surface area contributed by atoms with Crippen molar-refractivity contribution in [3.63, 3.8) is 0 Å². The maximum atomic E-state index is 12.3. The molecule has 3 rings (SSSR count). The summed E-state index contributed by atoms with van der Waals surface area (Å²) in [7, 11) is 0. The van der Waals surface area contributed by atoms with E-state index in [9.17, 15) is 4.79 Å². The van der Waals surface area contributed by atoms with Crippen LogP contribution in [0.5, 0.6) is 0 Å². The summed E-state index contributed by atoms with van der Waals surface area (Å²) in [6.45, 7) is 3.91. The van der Waals surface area contributed by atoms with Crippen LogP contribution in [0.3, 0.4) is 0 Å². The highest BCUT2D eigenvalue weighted by Crippen LogP contribution is 2.20. The molecule has 1 amide bonds. The Morgan fingerprint density at radius 2 is 2.08 bits per heavy atom. The number of hydrogen-bond donors (Lipinski definition) is 2. The number of aliphatic imine (C=N–C) groups is 1. The number of amides is 1. The number of carbonyl (C=O) groups excluding carboxylic acids is 1. The van der Waals surface area contributed by atoms with Gasteiger partial charge in [-0.25, -0.2) is 0 Å². The number of hydrogen-bond acceptors (Lipinski definition) is 4. The van der Waals surface area contributed by atoms with Crippen LogP contribution in [0.25, 0.3) is 5.76 Å². The number of aryl methyl sites for hydroxylation is 1. The van der Waals surface area contributed by atoms with Gasteiger partial charge in [-0.2, -0.15) is 5.10 Å². The smallest absolute Gasteiger partial charge is 0.276 e. The predicted octanol–water partition coefficient (Wildman–Crippen LogP) is 3.45. The molecule has 0 saturated heterocycles. The van der Waals surface area contributed by atoms with Crippen LogP contribution in [0.4, 0.5) is 5.69 Å². The largest absolute Gasteiger partial charge is 0.463 e. The van der Waals surface area contributed by atoms with Crippen molar-refractivity contribution in [2.75, 3.05) is 5.32 Å². The van der Waals surface area contributed by atoms with Crippen molar-refractivity contribution in [2.45, 2.75) is 20.3 Å². The minimum Gasteiger partial charge on any atom is -0.463 e. The van der Waals surface area contributed by atoms with Gasteiger partial charge in [-0.3, -0.25) is 14.9 Å². The van der Waals surface area contributed by atoms with Gasteiger partial charge in [0.05, 0.1) is 12.5 Å². The molecule has 1 aromatic carbocycles. The maximum Gasteiger partial charge on any atom is 0.276 e. The zero-order chi connectivity index (χ0) is 16.9. The average molecular weight is 322 g/mol. The first-order valence-electron chi connectivity index (χ1n) is 7.69. The van der Waals surface area contributed by atoms with Crippen molar-refractivity contribution in [2.24, 2.45) is 4.99 Å². The van der Waals surface area contributed by atoms with Crippen molar-refractivity contribution >= 4 is 23.6 Å². The topological polar surface area (TPSA) is 79.4 Å². The predicted molar refractivity (Wildman–Crippen MR) is 93.8 cm³/mol. The Morgan fingerprint density at radius 3 is 2.79 bits per heavy atom. The summed E-state index contributed by atoms with van der Waals surface area (Å²) in [6.07, 6.45) is 7.40. The molecular formula is C18H18N4O2. The number of allylic oxidation sites excluding steroid dienone is 1. The molecule has 6 heteroatoms. The van der Waals surface area contributed by atoms with Gasteiger partial charge in [0.15, 0.2) is 11.5 Å². The second-order valence-corrected chi connectivity index (χ2v) is 5.30. The van der Waals surface area contributed by atoms with Crippen LogP contribution in [0.1, 0.15) is 34.2 Å². The lowest BCUT2D eigenvalue weighted by Crippen LogP contribution is -2.13. The zero-order valence-corrected chi connectivity index (χ0v) is 13.5. The molecule has 0 fully saturated rings. The van der Waals surface area contributed by atoms with Crippen LogP contribution >= 0.6 is 0 Å². The highest BCUT2D eigenvalue weighted by atomic mass is 16.5. The molecule has 122 valence electrons. The normalized spacial score (nSPS) is 13.2. The molecule has 0 unspecified atom stereocenters. The number of ether oxygens (including phenoxy) is 1. The minimum absolute atomic E-state index is 0.228. The van der Waals surface area contributed by atoms with Crippen LogP contribution in [-0.2, 0) is 11.2 Å². The van der Waals surface area contributed by atoms with Crippen LogP contribution in [0.15, 0.2) is 47.8 Å². The van der Waals surface area contributed by atoms with E-state index in [1.165, 1.54) is 0 Å². The van der Waals surface area contributed by atoms with Gasteiger partial charge in [-0.05, 0) is 43.7 Å². The summed E-state index contributed by atoms with van der Waals surface area (Å²) >= 11 is 0. The maximum absolute atomic E-state index is 12.3. The highest BCUT2D eigenvalue weighted by Gasteiger charge is 2.15. The van der Waals surface area contributed by atoms with Gasteiger partial charge < -0.3 is 10.1 Å². The van der Waals surface area contributed by atoms with Crippen molar-refractivity contribution in [3.05, 3.63) is 65.3 Å². The number of benzene rings is 1. The fourth-order valence-corrected chi connectivity index (χ4v) is 2.39. The van der Waals surface area contributed by atoms with Gasteiger partial charge in [-0.1, -0.05) is 6.92 Å². The Hall–Kier alpha value is -3.15. The summed E-state index contributed by atoms with van der Waals surface area (Å²) in [5, 5.41) is 9.84. The van der Waals surface area contributed by atoms with E-state index >= 15 is 0 Å². The highest BCUT2D eigenvalue weighted by molar-refractivity contribution is 6.04. The first kappa shape index (κ1) is 15.7. The second kappa shape index (κ2) is 6.95. The molecule has 2 heterocycles. The average Bonchev–Trinajstić information content (AvgIpc) is 2.80. The first-order chi connectivity index (χ1) is 11.7. The fraction of sp³-hybridized carbons (Fsp3) is 0.167. The quantitative estimate of drug-likeness (QED) is 0.905. The number of H-pyrrole nitrogens is 1. The van der Waals surface area contributed by atoms with E-state index in [4.69, 9.17) is 4.74 Å². The van der Waals surface area contributed by atoms with Crippen LogP contribution in [-0.4, -0.2) is 22.3 Å². The number of carbonyl (C=O) groups is 1. The lowest BCUT2D eigenvalue weighted by Gasteiger charge is -2.07. The summed E-state index contributed by atoms with van der Waals surface area (Å²) in [4.78, 5) is 16.4. The standard InChI is InChI=1S/C18H18N4O2/c1-3-15-12(2)17(22-21-15)18(23)20-14-7-5-13(6-8-14)16-11-19-9-4-10-24-16/h4-11H,3H2,1-2H3,(H,20,23)(H,21,22). The van der Waals surface area contributed by atoms with Gasteiger partial charge >= 0.3 is 0 Å². The van der Waals surface area contributed by atoms with Crippen molar-refractivity contribution in [3.8, 4) is 0 Å². The number of nitrogens with one attached hydrogen (secondary N) is 2. The minimum atomic E-state index is -0.228. The molecule has 0 aliphatic carbocycles. The number of nitrogens with zero attached hydrogens (tertiary/aromatic N) is 2. The lowest BCUT2D eigenvalue weighted by atomic mass is 10.1. The van der Waals surface area contributed by atoms with Gasteiger partial charge in [0.1, 0.15) is 0 Å². The third-order valence-electron chi connectivity index (χ3n) is 3.74. The zero-order valence-electron chi connectivity index (χ0n) is 13.5.